The lowest BCUT2D eigenvalue weighted by Gasteiger charge is -2.13. The van der Waals surface area contributed by atoms with Crippen LogP contribution in [0.3, 0.4) is 0 Å². The molecule has 5 nitrogen and oxygen atoms in total. The molecule has 0 saturated carbocycles. The molecule has 0 aromatic carbocycles. The van der Waals surface area contributed by atoms with Gasteiger partial charge in [-0.3, -0.25) is 9.36 Å². The predicted molar refractivity (Wildman–Crippen MR) is 54.3 cm³/mol. The molecule has 0 aromatic heterocycles. The summed E-state index contributed by atoms with van der Waals surface area (Å²) in [4.78, 5) is 11.2. The van der Waals surface area contributed by atoms with Gasteiger partial charge in [-0.05, 0) is 5.92 Å². The van der Waals surface area contributed by atoms with Crippen molar-refractivity contribution in [3.05, 3.63) is 0 Å². The second kappa shape index (κ2) is 6.17. The van der Waals surface area contributed by atoms with Crippen molar-refractivity contribution < 1.29 is 18.4 Å². The molecular weight excluding hydrogens is 205 g/mol. The smallest absolute Gasteiger partial charge is 0.339 e. The number of carbonyl (C=O) groups is 1. The second-order valence-corrected chi connectivity index (χ2v) is 5.60. The molecule has 0 aliphatic carbocycles. The third-order valence-electron chi connectivity index (χ3n) is 1.60. The van der Waals surface area contributed by atoms with Gasteiger partial charge in [0.15, 0.2) is 0 Å². The molecule has 1 N–H and O–H groups in total. The van der Waals surface area contributed by atoms with Gasteiger partial charge in [-0.25, -0.2) is 0 Å². The van der Waals surface area contributed by atoms with E-state index in [4.69, 9.17) is 0 Å². The lowest BCUT2D eigenvalue weighted by atomic mass is 10.2. The van der Waals surface area contributed by atoms with Crippen LogP contribution in [0, 0.1) is 5.92 Å². The summed E-state index contributed by atoms with van der Waals surface area (Å²) in [5.74, 6) is 0.0501. The Morgan fingerprint density at radius 2 is 1.86 bits per heavy atom. The highest BCUT2D eigenvalue weighted by Crippen LogP contribution is 2.45. The molecule has 0 atom stereocenters. The van der Waals surface area contributed by atoms with Gasteiger partial charge < -0.3 is 14.4 Å². The highest BCUT2D eigenvalue weighted by Gasteiger charge is 2.25. The first-order valence-corrected chi connectivity index (χ1v) is 6.13. The molecule has 6 heteroatoms. The maximum Gasteiger partial charge on any atom is 0.339 e. The van der Waals surface area contributed by atoms with Crippen LogP contribution in [-0.2, 0) is 18.4 Å². The standard InChI is InChI=1S/C8H18NO4P/c1-7(2)5-9-8(10)6-14(11,12-3)13-4/h7H,5-6H2,1-4H3,(H,9,10). The lowest BCUT2D eigenvalue weighted by molar-refractivity contribution is -0.119. The molecule has 0 spiro atoms. The van der Waals surface area contributed by atoms with Gasteiger partial charge >= 0.3 is 7.60 Å². The van der Waals surface area contributed by atoms with E-state index in [1.165, 1.54) is 14.2 Å². The Bertz CT molecular complexity index is 221. The van der Waals surface area contributed by atoms with Gasteiger partial charge in [0.2, 0.25) is 5.91 Å². The fourth-order valence-corrected chi connectivity index (χ4v) is 1.62. The Labute approximate surface area is 84.7 Å². The van der Waals surface area contributed by atoms with E-state index in [2.05, 4.69) is 14.4 Å². The Balaban J connectivity index is 3.99. The summed E-state index contributed by atoms with van der Waals surface area (Å²) in [6, 6.07) is 0. The first-order valence-electron chi connectivity index (χ1n) is 4.40. The zero-order chi connectivity index (χ0) is 11.2. The third kappa shape index (κ3) is 5.37. The van der Waals surface area contributed by atoms with Crippen LogP contribution in [0.25, 0.3) is 0 Å². The summed E-state index contributed by atoms with van der Waals surface area (Å²) in [6.07, 6.45) is -0.229. The van der Waals surface area contributed by atoms with Gasteiger partial charge in [0.25, 0.3) is 0 Å². The summed E-state index contributed by atoms with van der Waals surface area (Å²) >= 11 is 0. The molecule has 0 unspecified atom stereocenters. The summed E-state index contributed by atoms with van der Waals surface area (Å²) in [6.45, 7) is 4.52. The highest BCUT2D eigenvalue weighted by atomic mass is 31.2. The van der Waals surface area contributed by atoms with Gasteiger partial charge in [-0.1, -0.05) is 13.8 Å². The number of nitrogens with one attached hydrogen (secondary N) is 1. The maximum atomic E-state index is 11.5. The van der Waals surface area contributed by atoms with Crippen LogP contribution < -0.4 is 5.32 Å². The number of amides is 1. The van der Waals surface area contributed by atoms with Crippen molar-refractivity contribution in [2.24, 2.45) is 5.92 Å². The van der Waals surface area contributed by atoms with Gasteiger partial charge in [0, 0.05) is 20.8 Å². The number of hydrogen-bond acceptors (Lipinski definition) is 4. The van der Waals surface area contributed by atoms with E-state index >= 15 is 0 Å². The monoisotopic (exact) mass is 223 g/mol. The number of rotatable bonds is 6. The molecule has 0 aromatic rings. The minimum atomic E-state index is -3.21. The maximum absolute atomic E-state index is 11.5. The molecule has 0 aliphatic rings. The van der Waals surface area contributed by atoms with E-state index < -0.39 is 7.60 Å². The van der Waals surface area contributed by atoms with Crippen LogP contribution >= 0.6 is 7.60 Å². The van der Waals surface area contributed by atoms with Crippen molar-refractivity contribution in [2.45, 2.75) is 13.8 Å². The zero-order valence-electron chi connectivity index (χ0n) is 9.07. The average molecular weight is 223 g/mol. The highest BCUT2D eigenvalue weighted by molar-refractivity contribution is 7.54. The average Bonchev–Trinajstić information content (AvgIpc) is 2.14. The topological polar surface area (TPSA) is 64.6 Å². The molecule has 84 valence electrons. The SMILES string of the molecule is COP(=O)(CC(=O)NCC(C)C)OC. The van der Waals surface area contributed by atoms with Gasteiger partial charge in [0.05, 0.1) is 0 Å². The van der Waals surface area contributed by atoms with E-state index in [9.17, 15) is 9.36 Å². The Kier molecular flexibility index (Phi) is 6.00. The largest absolute Gasteiger partial charge is 0.355 e. The molecule has 0 rings (SSSR count). The van der Waals surface area contributed by atoms with Crippen molar-refractivity contribution >= 4 is 13.5 Å². The Morgan fingerprint density at radius 1 is 1.36 bits per heavy atom. The van der Waals surface area contributed by atoms with E-state index in [0.29, 0.717) is 12.5 Å². The summed E-state index contributed by atoms with van der Waals surface area (Å²) in [5.41, 5.74) is 0. The van der Waals surface area contributed by atoms with Gasteiger partial charge in [-0.2, -0.15) is 0 Å². The molecular formula is C8H18NO4P. The Hall–Kier alpha value is -0.380. The van der Waals surface area contributed by atoms with Crippen molar-refractivity contribution in [1.29, 1.82) is 0 Å². The molecule has 0 radical (unpaired) electrons. The van der Waals surface area contributed by atoms with Crippen LogP contribution in [0.15, 0.2) is 0 Å². The molecule has 0 fully saturated rings. The normalized spacial score (nSPS) is 11.8. The van der Waals surface area contributed by atoms with E-state index in [1.54, 1.807) is 0 Å². The minimum absolute atomic E-state index is 0.229. The predicted octanol–water partition coefficient (Wildman–Crippen LogP) is 1.24. The first kappa shape index (κ1) is 13.6. The fraction of sp³-hybridized carbons (Fsp3) is 0.875. The third-order valence-corrected chi connectivity index (χ3v) is 3.39. The zero-order valence-corrected chi connectivity index (χ0v) is 9.97. The van der Waals surface area contributed by atoms with Crippen LogP contribution in [0.4, 0.5) is 0 Å². The van der Waals surface area contributed by atoms with E-state index in [-0.39, 0.29) is 12.1 Å². The quantitative estimate of drug-likeness (QED) is 0.688. The number of carbonyl (C=O) groups excluding carboxylic acids is 1. The van der Waals surface area contributed by atoms with Crippen molar-refractivity contribution in [3.63, 3.8) is 0 Å². The summed E-state index contributed by atoms with van der Waals surface area (Å²) < 4.78 is 20.8. The van der Waals surface area contributed by atoms with Crippen LogP contribution in [0.2, 0.25) is 0 Å². The van der Waals surface area contributed by atoms with Gasteiger partial charge in [-0.15, -0.1) is 0 Å². The van der Waals surface area contributed by atoms with Crippen LogP contribution in [0.1, 0.15) is 13.8 Å². The lowest BCUT2D eigenvalue weighted by Crippen LogP contribution is -2.30. The summed E-state index contributed by atoms with van der Waals surface area (Å²) in [7, 11) is -0.681. The molecule has 0 aliphatic heterocycles. The molecule has 0 saturated heterocycles. The Morgan fingerprint density at radius 3 is 2.21 bits per heavy atom. The van der Waals surface area contributed by atoms with Crippen molar-refractivity contribution in [3.8, 4) is 0 Å². The van der Waals surface area contributed by atoms with Crippen LogP contribution in [-0.4, -0.2) is 32.8 Å². The van der Waals surface area contributed by atoms with E-state index in [1.807, 2.05) is 13.8 Å². The van der Waals surface area contributed by atoms with Crippen molar-refractivity contribution in [2.75, 3.05) is 26.9 Å². The molecule has 0 heterocycles. The molecule has 1 amide bonds. The second-order valence-electron chi connectivity index (χ2n) is 3.33. The molecule has 0 bridgehead atoms. The fourth-order valence-electron chi connectivity index (χ4n) is 0.753. The number of hydrogen-bond donors (Lipinski definition) is 1. The molecule has 14 heavy (non-hydrogen) atoms. The van der Waals surface area contributed by atoms with Crippen LogP contribution in [0.5, 0.6) is 0 Å². The summed E-state index contributed by atoms with van der Waals surface area (Å²) in [5, 5.41) is 2.64. The van der Waals surface area contributed by atoms with E-state index in [0.717, 1.165) is 0 Å². The van der Waals surface area contributed by atoms with Crippen molar-refractivity contribution in [1.82, 2.24) is 5.32 Å². The van der Waals surface area contributed by atoms with Gasteiger partial charge in [0.1, 0.15) is 6.16 Å². The first-order chi connectivity index (χ1) is 6.43. The minimum Gasteiger partial charge on any atom is -0.355 e.